The van der Waals surface area contributed by atoms with Gasteiger partial charge in [0, 0.05) is 29.0 Å². The van der Waals surface area contributed by atoms with E-state index < -0.39 is 0 Å². The minimum atomic E-state index is -0.270. The summed E-state index contributed by atoms with van der Waals surface area (Å²) in [4.78, 5) is 36.5. The van der Waals surface area contributed by atoms with Gasteiger partial charge < -0.3 is 21.3 Å². The summed E-state index contributed by atoms with van der Waals surface area (Å²) < 4.78 is 0. The van der Waals surface area contributed by atoms with E-state index in [-0.39, 0.29) is 24.3 Å². The van der Waals surface area contributed by atoms with Crippen LogP contribution < -0.4 is 21.3 Å². The van der Waals surface area contributed by atoms with Crippen LogP contribution in [0.15, 0.2) is 66.7 Å². The largest absolute Gasteiger partial charge is 0.375 e. The number of hydrogen-bond donors (Lipinski definition) is 4. The maximum Gasteiger partial charge on any atom is 0.255 e. The first-order valence-corrected chi connectivity index (χ1v) is 11.3. The number of carbonyl (C=O) groups is 3. The summed E-state index contributed by atoms with van der Waals surface area (Å²) in [5, 5.41) is 11.9. The van der Waals surface area contributed by atoms with E-state index in [1.165, 1.54) is 0 Å². The Morgan fingerprint density at radius 2 is 1.44 bits per heavy atom. The molecule has 0 aliphatic carbocycles. The van der Waals surface area contributed by atoms with Crippen LogP contribution in [0.3, 0.4) is 0 Å². The molecule has 176 valence electrons. The van der Waals surface area contributed by atoms with E-state index in [0.717, 1.165) is 12.0 Å². The number of aryl methyl sites for hydroxylation is 1. The predicted octanol–water partition coefficient (Wildman–Crippen LogP) is 5.69. The summed E-state index contributed by atoms with van der Waals surface area (Å²) in [5.41, 5.74) is 3.95. The molecule has 3 aromatic carbocycles. The van der Waals surface area contributed by atoms with Gasteiger partial charge in [-0.1, -0.05) is 36.2 Å². The number of anilines is 4. The number of nitrogens with one attached hydrogen (secondary N) is 4. The fourth-order valence-electron chi connectivity index (χ4n) is 3.20. The third-order valence-electron chi connectivity index (χ3n) is 4.87. The smallest absolute Gasteiger partial charge is 0.255 e. The molecule has 3 rings (SSSR count). The molecule has 0 aliphatic heterocycles. The Morgan fingerprint density at radius 3 is 2.12 bits per heavy atom. The number of carbonyl (C=O) groups excluding carboxylic acids is 3. The highest BCUT2D eigenvalue weighted by molar-refractivity contribution is 6.33. The summed E-state index contributed by atoms with van der Waals surface area (Å²) in [5.74, 6) is -0.547. The van der Waals surface area contributed by atoms with Gasteiger partial charge in [-0.3, -0.25) is 14.4 Å². The van der Waals surface area contributed by atoms with Gasteiger partial charge in [-0.2, -0.15) is 0 Å². The molecule has 0 atom stereocenters. The summed E-state index contributed by atoms with van der Waals surface area (Å²) in [6, 6.07) is 19.3. The lowest BCUT2D eigenvalue weighted by Crippen LogP contribution is -2.22. The van der Waals surface area contributed by atoms with Crippen molar-refractivity contribution in [2.45, 2.75) is 26.7 Å². The van der Waals surface area contributed by atoms with Crippen molar-refractivity contribution in [3.05, 3.63) is 82.9 Å². The maximum absolute atomic E-state index is 12.4. The zero-order chi connectivity index (χ0) is 24.5. The van der Waals surface area contributed by atoms with E-state index in [9.17, 15) is 14.4 Å². The average Bonchev–Trinajstić information content (AvgIpc) is 2.81. The maximum atomic E-state index is 12.4. The topological polar surface area (TPSA) is 99.3 Å². The number of halogens is 1. The molecule has 0 saturated heterocycles. The van der Waals surface area contributed by atoms with Crippen molar-refractivity contribution < 1.29 is 14.4 Å². The van der Waals surface area contributed by atoms with Crippen LogP contribution in [-0.4, -0.2) is 24.3 Å². The van der Waals surface area contributed by atoms with E-state index in [1.54, 1.807) is 48.5 Å². The van der Waals surface area contributed by atoms with Crippen LogP contribution in [0.1, 0.15) is 35.7 Å². The van der Waals surface area contributed by atoms with Crippen molar-refractivity contribution in [2.24, 2.45) is 0 Å². The third-order valence-corrected chi connectivity index (χ3v) is 5.20. The Kier molecular flexibility index (Phi) is 8.65. The monoisotopic (exact) mass is 478 g/mol. The molecule has 0 unspecified atom stereocenters. The first kappa shape index (κ1) is 24.8. The Bertz CT molecular complexity index is 1180. The van der Waals surface area contributed by atoms with Crippen molar-refractivity contribution in [3.8, 4) is 0 Å². The molecular weight excluding hydrogens is 452 g/mol. The molecule has 8 heteroatoms. The predicted molar refractivity (Wildman–Crippen MR) is 138 cm³/mol. The fourth-order valence-corrected chi connectivity index (χ4v) is 3.38. The second kappa shape index (κ2) is 11.9. The Labute approximate surface area is 203 Å². The SMILES string of the molecule is CCCC(=O)Nc1ccc(Cl)c(NCC(=O)Nc2ccc(NC(=O)c3cccc(C)c3)cc2)c1. The van der Waals surface area contributed by atoms with Crippen molar-refractivity contribution >= 4 is 52.1 Å². The molecule has 3 amide bonds. The third kappa shape index (κ3) is 7.35. The van der Waals surface area contributed by atoms with Crippen molar-refractivity contribution in [3.63, 3.8) is 0 Å². The minimum absolute atomic E-state index is 0.0159. The molecule has 3 aromatic rings. The van der Waals surface area contributed by atoms with E-state index in [4.69, 9.17) is 11.6 Å². The van der Waals surface area contributed by atoms with Gasteiger partial charge in [0.15, 0.2) is 0 Å². The molecule has 0 spiro atoms. The standard InChI is InChI=1S/C26H27ClN4O3/c1-3-5-24(32)30-21-12-13-22(27)23(15-21)28-16-25(33)29-19-8-10-20(11-9-19)31-26(34)18-7-4-6-17(2)14-18/h4,6-15,28H,3,5,16H2,1-2H3,(H,29,33)(H,30,32)(H,31,34). The highest BCUT2D eigenvalue weighted by Gasteiger charge is 2.09. The van der Waals surface area contributed by atoms with Crippen LogP contribution in [0.2, 0.25) is 5.02 Å². The number of rotatable bonds is 9. The fraction of sp³-hybridized carbons (Fsp3) is 0.192. The van der Waals surface area contributed by atoms with Crippen LogP contribution in [0.25, 0.3) is 0 Å². The molecule has 0 radical (unpaired) electrons. The van der Waals surface area contributed by atoms with Crippen molar-refractivity contribution in [1.82, 2.24) is 0 Å². The molecule has 0 aliphatic rings. The molecule has 0 bridgehead atoms. The van der Waals surface area contributed by atoms with Gasteiger partial charge in [0.05, 0.1) is 17.3 Å². The highest BCUT2D eigenvalue weighted by atomic mass is 35.5. The zero-order valence-electron chi connectivity index (χ0n) is 19.1. The van der Waals surface area contributed by atoms with Gasteiger partial charge in [-0.25, -0.2) is 0 Å². The number of amides is 3. The average molecular weight is 479 g/mol. The van der Waals surface area contributed by atoms with Gasteiger partial charge in [0.2, 0.25) is 11.8 Å². The lowest BCUT2D eigenvalue weighted by molar-refractivity contribution is -0.116. The van der Waals surface area contributed by atoms with Gasteiger partial charge >= 0.3 is 0 Å². The number of hydrogen-bond acceptors (Lipinski definition) is 4. The molecule has 7 nitrogen and oxygen atoms in total. The lowest BCUT2D eigenvalue weighted by atomic mass is 10.1. The van der Waals surface area contributed by atoms with Gasteiger partial charge in [-0.05, 0) is 67.9 Å². The second-order valence-electron chi connectivity index (χ2n) is 7.80. The first-order chi connectivity index (χ1) is 16.3. The molecule has 4 N–H and O–H groups in total. The van der Waals surface area contributed by atoms with Crippen LogP contribution in [-0.2, 0) is 9.59 Å². The first-order valence-electron chi connectivity index (χ1n) is 10.9. The van der Waals surface area contributed by atoms with Gasteiger partial charge in [0.25, 0.3) is 5.91 Å². The van der Waals surface area contributed by atoms with Crippen LogP contribution in [0.4, 0.5) is 22.7 Å². The quantitative estimate of drug-likeness (QED) is 0.317. The summed E-state index contributed by atoms with van der Waals surface area (Å²) in [6.45, 7) is 3.85. The molecule has 0 heterocycles. The second-order valence-corrected chi connectivity index (χ2v) is 8.20. The normalized spacial score (nSPS) is 10.3. The van der Waals surface area contributed by atoms with Gasteiger partial charge in [0.1, 0.15) is 0 Å². The molecule has 0 saturated carbocycles. The lowest BCUT2D eigenvalue weighted by Gasteiger charge is -2.12. The summed E-state index contributed by atoms with van der Waals surface area (Å²) >= 11 is 6.21. The van der Waals surface area contributed by atoms with Crippen LogP contribution in [0.5, 0.6) is 0 Å². The zero-order valence-corrected chi connectivity index (χ0v) is 19.8. The van der Waals surface area contributed by atoms with E-state index in [0.29, 0.717) is 39.8 Å². The Hall–Kier alpha value is -3.84. The van der Waals surface area contributed by atoms with Crippen molar-refractivity contribution in [1.29, 1.82) is 0 Å². The molecular formula is C26H27ClN4O3. The minimum Gasteiger partial charge on any atom is -0.375 e. The van der Waals surface area contributed by atoms with Gasteiger partial charge in [-0.15, -0.1) is 0 Å². The summed E-state index contributed by atoms with van der Waals surface area (Å²) in [6.07, 6.45) is 1.19. The van der Waals surface area contributed by atoms with E-state index in [2.05, 4.69) is 21.3 Å². The molecule has 0 fully saturated rings. The molecule has 0 aromatic heterocycles. The van der Waals surface area contributed by atoms with E-state index in [1.807, 2.05) is 32.0 Å². The van der Waals surface area contributed by atoms with Crippen molar-refractivity contribution in [2.75, 3.05) is 27.8 Å². The number of benzene rings is 3. The van der Waals surface area contributed by atoms with Crippen LogP contribution in [0, 0.1) is 6.92 Å². The summed E-state index contributed by atoms with van der Waals surface area (Å²) in [7, 11) is 0. The Balaban J connectivity index is 1.52. The Morgan fingerprint density at radius 1 is 0.794 bits per heavy atom. The van der Waals surface area contributed by atoms with E-state index >= 15 is 0 Å². The molecule has 34 heavy (non-hydrogen) atoms. The van der Waals surface area contributed by atoms with Crippen LogP contribution >= 0.6 is 11.6 Å². The highest BCUT2D eigenvalue weighted by Crippen LogP contribution is 2.25.